The molecule has 1 nitrogen and oxygen atoms in total. The summed E-state index contributed by atoms with van der Waals surface area (Å²) >= 11 is 0. The standard InChI is InChI=1S/C11H12FN/c1-8(2)13-7-6-9-10(12)4-3-5-11(9)13/h3-8H,1-2H3. The van der Waals surface area contributed by atoms with E-state index in [0.29, 0.717) is 11.4 Å². The maximum Gasteiger partial charge on any atom is 0.132 e. The van der Waals surface area contributed by atoms with Crippen LogP contribution in [0.1, 0.15) is 19.9 Å². The van der Waals surface area contributed by atoms with Gasteiger partial charge in [0.25, 0.3) is 0 Å². The molecule has 0 aliphatic heterocycles. The van der Waals surface area contributed by atoms with Crippen LogP contribution in [0.2, 0.25) is 0 Å². The molecule has 1 aromatic carbocycles. The summed E-state index contributed by atoms with van der Waals surface area (Å²) in [6, 6.07) is 7.38. The third-order valence-electron chi connectivity index (χ3n) is 2.27. The van der Waals surface area contributed by atoms with Crippen molar-refractivity contribution in [3.8, 4) is 0 Å². The van der Waals surface area contributed by atoms with Gasteiger partial charge in [-0.2, -0.15) is 0 Å². The fourth-order valence-electron chi connectivity index (χ4n) is 1.60. The number of aromatic nitrogens is 1. The molecule has 0 amide bonds. The fourth-order valence-corrected chi connectivity index (χ4v) is 1.60. The third kappa shape index (κ3) is 1.22. The fraction of sp³-hybridized carbons (Fsp3) is 0.273. The molecular formula is C11H12FN. The summed E-state index contributed by atoms with van der Waals surface area (Å²) < 4.78 is 15.3. The number of hydrogen-bond donors (Lipinski definition) is 0. The Balaban J connectivity index is 2.75. The topological polar surface area (TPSA) is 4.93 Å². The van der Waals surface area contributed by atoms with Gasteiger partial charge in [0.15, 0.2) is 0 Å². The Labute approximate surface area is 76.8 Å². The first-order valence-electron chi connectivity index (χ1n) is 4.45. The van der Waals surface area contributed by atoms with Crippen LogP contribution in [0, 0.1) is 5.82 Å². The van der Waals surface area contributed by atoms with Crippen molar-refractivity contribution >= 4 is 10.9 Å². The Morgan fingerprint density at radius 2 is 2.00 bits per heavy atom. The molecule has 0 unspecified atom stereocenters. The van der Waals surface area contributed by atoms with Gasteiger partial charge in [-0.15, -0.1) is 0 Å². The number of rotatable bonds is 1. The summed E-state index contributed by atoms with van der Waals surface area (Å²) in [6.07, 6.45) is 1.93. The van der Waals surface area contributed by atoms with Gasteiger partial charge in [0, 0.05) is 17.6 Å². The Kier molecular flexibility index (Phi) is 1.83. The van der Waals surface area contributed by atoms with Crippen LogP contribution in [0.5, 0.6) is 0 Å². The lowest BCUT2D eigenvalue weighted by molar-refractivity contribution is 0.620. The van der Waals surface area contributed by atoms with Crippen molar-refractivity contribution in [1.29, 1.82) is 0 Å². The summed E-state index contributed by atoms with van der Waals surface area (Å²) in [6.45, 7) is 4.18. The molecule has 0 spiro atoms. The minimum atomic E-state index is -0.142. The Morgan fingerprint density at radius 3 is 2.69 bits per heavy atom. The molecule has 0 aliphatic rings. The van der Waals surface area contributed by atoms with Crippen LogP contribution in [0.15, 0.2) is 30.5 Å². The van der Waals surface area contributed by atoms with Crippen molar-refractivity contribution in [1.82, 2.24) is 4.57 Å². The summed E-state index contributed by atoms with van der Waals surface area (Å²) in [5.74, 6) is -0.142. The highest BCUT2D eigenvalue weighted by Gasteiger charge is 2.06. The average Bonchev–Trinajstić information content (AvgIpc) is 2.48. The molecule has 1 heterocycles. The molecule has 0 N–H and O–H groups in total. The van der Waals surface area contributed by atoms with E-state index in [0.717, 1.165) is 5.52 Å². The lowest BCUT2D eigenvalue weighted by Gasteiger charge is -2.08. The van der Waals surface area contributed by atoms with Gasteiger partial charge >= 0.3 is 0 Å². The second-order valence-electron chi connectivity index (χ2n) is 3.49. The zero-order chi connectivity index (χ0) is 9.42. The zero-order valence-electron chi connectivity index (χ0n) is 7.79. The van der Waals surface area contributed by atoms with E-state index in [1.165, 1.54) is 6.07 Å². The van der Waals surface area contributed by atoms with E-state index < -0.39 is 0 Å². The lowest BCUT2D eigenvalue weighted by Crippen LogP contribution is -1.97. The molecule has 0 radical (unpaired) electrons. The molecule has 0 bridgehead atoms. The van der Waals surface area contributed by atoms with E-state index in [1.54, 1.807) is 6.07 Å². The van der Waals surface area contributed by atoms with E-state index in [2.05, 4.69) is 18.4 Å². The number of benzene rings is 1. The van der Waals surface area contributed by atoms with Gasteiger partial charge in [-0.3, -0.25) is 0 Å². The molecule has 13 heavy (non-hydrogen) atoms. The Bertz CT molecular complexity index is 429. The van der Waals surface area contributed by atoms with Crippen molar-refractivity contribution < 1.29 is 4.39 Å². The smallest absolute Gasteiger partial charge is 0.132 e. The lowest BCUT2D eigenvalue weighted by atomic mass is 10.2. The predicted octanol–water partition coefficient (Wildman–Crippen LogP) is 3.36. The first-order chi connectivity index (χ1) is 6.20. The zero-order valence-corrected chi connectivity index (χ0v) is 7.79. The largest absolute Gasteiger partial charge is 0.345 e. The first-order valence-corrected chi connectivity index (χ1v) is 4.45. The molecule has 2 heteroatoms. The molecule has 0 saturated carbocycles. The van der Waals surface area contributed by atoms with Crippen LogP contribution < -0.4 is 0 Å². The van der Waals surface area contributed by atoms with Gasteiger partial charge in [-0.25, -0.2) is 4.39 Å². The normalized spacial score (nSPS) is 11.4. The highest BCUT2D eigenvalue weighted by Crippen LogP contribution is 2.21. The van der Waals surface area contributed by atoms with Gasteiger partial charge in [-0.05, 0) is 32.0 Å². The quantitative estimate of drug-likeness (QED) is 0.629. The van der Waals surface area contributed by atoms with Crippen molar-refractivity contribution in [2.75, 3.05) is 0 Å². The van der Waals surface area contributed by atoms with Crippen molar-refractivity contribution in [3.63, 3.8) is 0 Å². The summed E-state index contributed by atoms with van der Waals surface area (Å²) in [7, 11) is 0. The van der Waals surface area contributed by atoms with E-state index in [4.69, 9.17) is 0 Å². The molecule has 2 aromatic rings. The second-order valence-corrected chi connectivity index (χ2v) is 3.49. The van der Waals surface area contributed by atoms with Crippen LogP contribution in [-0.2, 0) is 0 Å². The first kappa shape index (κ1) is 8.30. The maximum atomic E-state index is 13.2. The average molecular weight is 177 g/mol. The Hall–Kier alpha value is -1.31. The van der Waals surface area contributed by atoms with Crippen molar-refractivity contribution in [3.05, 3.63) is 36.3 Å². The molecule has 0 fully saturated rings. The molecule has 0 aliphatic carbocycles. The number of hydrogen-bond acceptors (Lipinski definition) is 0. The van der Waals surface area contributed by atoms with Crippen molar-refractivity contribution in [2.24, 2.45) is 0 Å². The van der Waals surface area contributed by atoms with Gasteiger partial charge < -0.3 is 4.57 Å². The van der Waals surface area contributed by atoms with E-state index in [-0.39, 0.29) is 5.82 Å². The summed E-state index contributed by atoms with van der Waals surface area (Å²) in [5.41, 5.74) is 0.968. The monoisotopic (exact) mass is 177 g/mol. The molecule has 68 valence electrons. The summed E-state index contributed by atoms with van der Waals surface area (Å²) in [5, 5.41) is 0.705. The SMILES string of the molecule is CC(C)n1ccc2c(F)cccc21. The van der Waals surface area contributed by atoms with Gasteiger partial charge in [0.05, 0.1) is 5.52 Å². The maximum absolute atomic E-state index is 13.2. The van der Waals surface area contributed by atoms with Gasteiger partial charge in [0.1, 0.15) is 5.82 Å². The van der Waals surface area contributed by atoms with Gasteiger partial charge in [-0.1, -0.05) is 6.07 Å². The molecular weight excluding hydrogens is 165 g/mol. The van der Waals surface area contributed by atoms with E-state index in [1.807, 2.05) is 18.3 Å². The van der Waals surface area contributed by atoms with Crippen LogP contribution in [-0.4, -0.2) is 4.57 Å². The molecule has 1 aromatic heterocycles. The van der Waals surface area contributed by atoms with Crippen LogP contribution in [0.25, 0.3) is 10.9 Å². The molecule has 0 saturated heterocycles. The third-order valence-corrected chi connectivity index (χ3v) is 2.27. The number of fused-ring (bicyclic) bond motifs is 1. The highest BCUT2D eigenvalue weighted by molar-refractivity contribution is 5.80. The van der Waals surface area contributed by atoms with Crippen LogP contribution in [0.4, 0.5) is 4.39 Å². The van der Waals surface area contributed by atoms with Crippen LogP contribution >= 0.6 is 0 Å². The Morgan fingerprint density at radius 1 is 1.23 bits per heavy atom. The molecule has 0 atom stereocenters. The summed E-state index contributed by atoms with van der Waals surface area (Å²) in [4.78, 5) is 0. The minimum absolute atomic E-state index is 0.142. The molecule has 2 rings (SSSR count). The van der Waals surface area contributed by atoms with Crippen molar-refractivity contribution in [2.45, 2.75) is 19.9 Å². The van der Waals surface area contributed by atoms with E-state index in [9.17, 15) is 4.39 Å². The predicted molar refractivity (Wildman–Crippen MR) is 52.3 cm³/mol. The van der Waals surface area contributed by atoms with Gasteiger partial charge in [0.2, 0.25) is 0 Å². The highest BCUT2D eigenvalue weighted by atomic mass is 19.1. The number of nitrogens with zero attached hydrogens (tertiary/aromatic N) is 1. The van der Waals surface area contributed by atoms with Crippen LogP contribution in [0.3, 0.4) is 0 Å². The number of halogens is 1. The minimum Gasteiger partial charge on any atom is -0.345 e. The van der Waals surface area contributed by atoms with E-state index >= 15 is 0 Å². The second kappa shape index (κ2) is 2.87.